The van der Waals surface area contributed by atoms with E-state index < -0.39 is 17.6 Å². The van der Waals surface area contributed by atoms with Crippen molar-refractivity contribution in [2.45, 2.75) is 45.5 Å². The normalized spacial score (nSPS) is 12.3. The van der Waals surface area contributed by atoms with E-state index in [-0.39, 0.29) is 11.6 Å². The van der Waals surface area contributed by atoms with Crippen molar-refractivity contribution in [1.82, 2.24) is 15.1 Å². The number of hydrogen-bond acceptors (Lipinski definition) is 2. The number of carbonyl (C=O) groups excluding carboxylic acids is 1. The Hall–Kier alpha value is -2.80. The van der Waals surface area contributed by atoms with Gasteiger partial charge in [0, 0.05) is 28.4 Å². The monoisotopic (exact) mass is 449 g/mol. The average molecular weight is 450 g/mol. The van der Waals surface area contributed by atoms with Crippen LogP contribution >= 0.6 is 11.6 Å². The molecule has 0 atom stereocenters. The summed E-state index contributed by atoms with van der Waals surface area (Å²) in [5.41, 5.74) is 0.645. The molecular weight excluding hydrogens is 427 g/mol. The van der Waals surface area contributed by atoms with Gasteiger partial charge in [-0.15, -0.1) is 0 Å². The van der Waals surface area contributed by atoms with E-state index in [0.717, 1.165) is 25.1 Å². The van der Waals surface area contributed by atoms with Gasteiger partial charge in [0.2, 0.25) is 0 Å². The van der Waals surface area contributed by atoms with Gasteiger partial charge in [-0.1, -0.05) is 23.7 Å². The summed E-state index contributed by atoms with van der Waals surface area (Å²) in [7, 11) is 0. The molecule has 0 fully saturated rings. The third kappa shape index (κ3) is 4.93. The minimum absolute atomic E-state index is 0.0608. The zero-order valence-electron chi connectivity index (χ0n) is 17.6. The lowest BCUT2D eigenvalue weighted by atomic mass is 9.97. The Bertz CT molecular complexity index is 1090. The lowest BCUT2D eigenvalue weighted by Gasteiger charge is -2.29. The number of aromatic nitrogens is 2. The van der Waals surface area contributed by atoms with Crippen molar-refractivity contribution in [3.8, 4) is 22.4 Å². The molecule has 1 amide bonds. The first kappa shape index (κ1) is 22.9. The molecule has 0 aliphatic carbocycles. The molecule has 2 aromatic carbocycles. The van der Waals surface area contributed by atoms with Gasteiger partial charge < -0.3 is 5.32 Å². The summed E-state index contributed by atoms with van der Waals surface area (Å²) in [6, 6.07) is 13.9. The SMILES string of the molecule is CC(C)n1nccc1-c1cc(C(=O)NC(C)(C)C(F)(F)F)cc(-c2ccc(Cl)cc2)c1. The summed E-state index contributed by atoms with van der Waals surface area (Å²) in [4.78, 5) is 12.8. The largest absolute Gasteiger partial charge is 0.410 e. The third-order valence-corrected chi connectivity index (χ3v) is 5.21. The van der Waals surface area contributed by atoms with E-state index in [0.29, 0.717) is 16.1 Å². The first-order chi connectivity index (χ1) is 14.4. The van der Waals surface area contributed by atoms with Crippen molar-refractivity contribution in [3.63, 3.8) is 0 Å². The molecule has 1 heterocycles. The molecule has 0 aliphatic rings. The summed E-state index contributed by atoms with van der Waals surface area (Å²) in [6.07, 6.45) is -2.94. The highest BCUT2D eigenvalue weighted by Crippen LogP contribution is 2.32. The molecule has 3 aromatic rings. The van der Waals surface area contributed by atoms with Crippen LogP contribution in [0, 0.1) is 0 Å². The molecule has 0 unspecified atom stereocenters. The lowest BCUT2D eigenvalue weighted by Crippen LogP contribution is -2.54. The predicted molar refractivity (Wildman–Crippen MR) is 116 cm³/mol. The van der Waals surface area contributed by atoms with Crippen LogP contribution in [0.25, 0.3) is 22.4 Å². The number of benzene rings is 2. The van der Waals surface area contributed by atoms with Crippen molar-refractivity contribution in [1.29, 1.82) is 0 Å². The van der Waals surface area contributed by atoms with Crippen LogP contribution in [-0.2, 0) is 0 Å². The van der Waals surface area contributed by atoms with E-state index in [1.807, 2.05) is 26.0 Å². The van der Waals surface area contributed by atoms with Gasteiger partial charge in [-0.2, -0.15) is 18.3 Å². The van der Waals surface area contributed by atoms with E-state index in [1.165, 1.54) is 0 Å². The van der Waals surface area contributed by atoms with Crippen LogP contribution in [-0.4, -0.2) is 27.4 Å². The maximum absolute atomic E-state index is 13.3. The van der Waals surface area contributed by atoms with Crippen LogP contribution in [0.2, 0.25) is 5.02 Å². The first-order valence-electron chi connectivity index (χ1n) is 9.73. The zero-order chi connectivity index (χ0) is 23.0. The molecule has 0 saturated carbocycles. The molecule has 0 spiro atoms. The molecule has 3 rings (SSSR count). The molecule has 4 nitrogen and oxygen atoms in total. The fraction of sp³-hybridized carbons (Fsp3) is 0.304. The number of hydrogen-bond donors (Lipinski definition) is 1. The Balaban J connectivity index is 2.12. The summed E-state index contributed by atoms with van der Waals surface area (Å²) in [5.74, 6) is -0.810. The van der Waals surface area contributed by atoms with Gasteiger partial charge in [0.1, 0.15) is 5.54 Å². The molecule has 31 heavy (non-hydrogen) atoms. The second-order valence-corrected chi connectivity index (χ2v) is 8.57. The van der Waals surface area contributed by atoms with E-state index in [1.54, 1.807) is 47.3 Å². The molecule has 1 aromatic heterocycles. The second kappa shape index (κ2) is 8.38. The van der Waals surface area contributed by atoms with Gasteiger partial charge in [0.25, 0.3) is 5.91 Å². The molecular formula is C23H23ClF3N3O. The van der Waals surface area contributed by atoms with Crippen LogP contribution < -0.4 is 5.32 Å². The highest BCUT2D eigenvalue weighted by molar-refractivity contribution is 6.30. The molecule has 8 heteroatoms. The van der Waals surface area contributed by atoms with Crippen LogP contribution in [0.3, 0.4) is 0 Å². The lowest BCUT2D eigenvalue weighted by molar-refractivity contribution is -0.182. The van der Waals surface area contributed by atoms with E-state index in [2.05, 4.69) is 10.4 Å². The summed E-state index contributed by atoms with van der Waals surface area (Å²) in [6.45, 7) is 5.81. The minimum atomic E-state index is -4.59. The number of carbonyl (C=O) groups is 1. The molecule has 164 valence electrons. The molecule has 0 aliphatic heterocycles. The van der Waals surface area contributed by atoms with E-state index in [4.69, 9.17) is 11.6 Å². The van der Waals surface area contributed by atoms with Crippen molar-refractivity contribution in [2.24, 2.45) is 0 Å². The van der Waals surface area contributed by atoms with Crippen LogP contribution in [0.4, 0.5) is 13.2 Å². The molecule has 1 N–H and O–H groups in total. The fourth-order valence-corrected chi connectivity index (χ4v) is 3.22. The Morgan fingerprint density at radius 2 is 1.61 bits per heavy atom. The van der Waals surface area contributed by atoms with Gasteiger partial charge in [-0.05, 0) is 75.2 Å². The number of nitrogens with zero attached hydrogens (tertiary/aromatic N) is 2. The second-order valence-electron chi connectivity index (χ2n) is 8.14. The number of alkyl halides is 3. The van der Waals surface area contributed by atoms with E-state index in [9.17, 15) is 18.0 Å². The fourth-order valence-electron chi connectivity index (χ4n) is 3.10. The molecule has 0 saturated heterocycles. The van der Waals surface area contributed by atoms with Crippen LogP contribution in [0.15, 0.2) is 54.7 Å². The Morgan fingerprint density at radius 1 is 1.00 bits per heavy atom. The van der Waals surface area contributed by atoms with Crippen molar-refractivity contribution in [3.05, 3.63) is 65.3 Å². The van der Waals surface area contributed by atoms with Gasteiger partial charge in [-0.3, -0.25) is 9.48 Å². The van der Waals surface area contributed by atoms with Gasteiger partial charge >= 0.3 is 6.18 Å². The van der Waals surface area contributed by atoms with Crippen molar-refractivity contribution in [2.75, 3.05) is 0 Å². The maximum Gasteiger partial charge on any atom is 0.410 e. The topological polar surface area (TPSA) is 46.9 Å². The smallest absolute Gasteiger partial charge is 0.338 e. The zero-order valence-corrected chi connectivity index (χ0v) is 18.3. The predicted octanol–water partition coefficient (Wildman–Crippen LogP) is 6.52. The standard InChI is InChI=1S/C23H23ClF3N3O/c1-14(2)30-20(9-10-28-30)17-11-16(15-5-7-19(24)8-6-15)12-18(13-17)21(31)29-22(3,4)23(25,26)27/h5-14H,1-4H3,(H,29,31). The summed E-state index contributed by atoms with van der Waals surface area (Å²) < 4.78 is 41.7. The molecule has 0 radical (unpaired) electrons. The minimum Gasteiger partial charge on any atom is -0.338 e. The average Bonchev–Trinajstić information content (AvgIpc) is 3.17. The van der Waals surface area contributed by atoms with Gasteiger partial charge in [-0.25, -0.2) is 0 Å². The van der Waals surface area contributed by atoms with Gasteiger partial charge in [0.15, 0.2) is 0 Å². The number of amides is 1. The Kier molecular flexibility index (Phi) is 6.18. The molecule has 0 bridgehead atoms. The Labute approximate surface area is 184 Å². The first-order valence-corrected chi connectivity index (χ1v) is 10.1. The van der Waals surface area contributed by atoms with Crippen molar-refractivity contribution < 1.29 is 18.0 Å². The number of nitrogens with one attached hydrogen (secondary N) is 1. The van der Waals surface area contributed by atoms with Crippen LogP contribution in [0.5, 0.6) is 0 Å². The Morgan fingerprint density at radius 3 is 2.19 bits per heavy atom. The highest BCUT2D eigenvalue weighted by Gasteiger charge is 2.48. The quantitative estimate of drug-likeness (QED) is 0.481. The highest BCUT2D eigenvalue weighted by atomic mass is 35.5. The summed E-state index contributed by atoms with van der Waals surface area (Å²) >= 11 is 5.98. The maximum atomic E-state index is 13.3. The van der Waals surface area contributed by atoms with E-state index >= 15 is 0 Å². The van der Waals surface area contributed by atoms with Gasteiger partial charge in [0.05, 0.1) is 5.69 Å². The third-order valence-electron chi connectivity index (χ3n) is 4.96. The number of rotatable bonds is 5. The van der Waals surface area contributed by atoms with Crippen LogP contribution in [0.1, 0.15) is 44.1 Å². The number of halogens is 4. The summed E-state index contributed by atoms with van der Waals surface area (Å²) in [5, 5.41) is 6.98. The van der Waals surface area contributed by atoms with Crippen molar-refractivity contribution >= 4 is 17.5 Å².